The maximum absolute atomic E-state index is 12.3. The van der Waals surface area contributed by atoms with Crippen LogP contribution < -0.4 is 10.2 Å². The van der Waals surface area contributed by atoms with Crippen molar-refractivity contribution in [1.29, 1.82) is 0 Å². The van der Waals surface area contributed by atoms with Gasteiger partial charge in [-0.2, -0.15) is 8.78 Å². The molecular weight excluding hydrogens is 360 g/mol. The summed E-state index contributed by atoms with van der Waals surface area (Å²) < 4.78 is 30.0. The SMILES string of the molecule is O=C(NCc1ccnc(N2CCOCC2)c1)c1ccc(SC(F)F)cc1. The number of carbonyl (C=O) groups is 1. The minimum Gasteiger partial charge on any atom is -0.378 e. The van der Waals surface area contributed by atoms with Crippen molar-refractivity contribution in [2.75, 3.05) is 31.2 Å². The van der Waals surface area contributed by atoms with E-state index in [1.165, 1.54) is 12.1 Å². The molecule has 0 radical (unpaired) electrons. The van der Waals surface area contributed by atoms with Gasteiger partial charge in [-0.3, -0.25) is 4.79 Å². The van der Waals surface area contributed by atoms with Gasteiger partial charge in [-0.05, 0) is 42.0 Å². The van der Waals surface area contributed by atoms with E-state index < -0.39 is 5.76 Å². The zero-order valence-electron chi connectivity index (χ0n) is 14.0. The van der Waals surface area contributed by atoms with Crippen LogP contribution in [0.25, 0.3) is 0 Å². The first kappa shape index (κ1) is 18.6. The summed E-state index contributed by atoms with van der Waals surface area (Å²) in [5.74, 6) is -1.85. The van der Waals surface area contributed by atoms with Crippen LogP contribution in [0.2, 0.25) is 0 Å². The summed E-state index contributed by atoms with van der Waals surface area (Å²) in [6.07, 6.45) is 1.72. The number of pyridine rings is 1. The average molecular weight is 379 g/mol. The molecule has 26 heavy (non-hydrogen) atoms. The number of nitrogens with one attached hydrogen (secondary N) is 1. The van der Waals surface area contributed by atoms with Crippen molar-refractivity contribution in [1.82, 2.24) is 10.3 Å². The molecule has 1 aromatic heterocycles. The van der Waals surface area contributed by atoms with Crippen molar-refractivity contribution in [3.63, 3.8) is 0 Å². The van der Waals surface area contributed by atoms with Crippen molar-refractivity contribution in [3.8, 4) is 0 Å². The number of amides is 1. The number of benzene rings is 1. The molecule has 0 spiro atoms. The zero-order chi connectivity index (χ0) is 18.4. The Hall–Kier alpha value is -2.19. The van der Waals surface area contributed by atoms with E-state index in [-0.39, 0.29) is 5.91 Å². The van der Waals surface area contributed by atoms with Crippen molar-refractivity contribution in [3.05, 3.63) is 53.7 Å². The zero-order valence-corrected chi connectivity index (χ0v) is 14.8. The molecule has 0 aliphatic carbocycles. The van der Waals surface area contributed by atoms with E-state index in [1.54, 1.807) is 18.3 Å². The predicted octanol–water partition coefficient (Wildman–Crippen LogP) is 3.16. The normalized spacial score (nSPS) is 14.5. The maximum atomic E-state index is 12.3. The molecule has 5 nitrogen and oxygen atoms in total. The van der Waals surface area contributed by atoms with Crippen molar-refractivity contribution >= 4 is 23.5 Å². The van der Waals surface area contributed by atoms with Gasteiger partial charge in [0.2, 0.25) is 0 Å². The highest BCUT2D eigenvalue weighted by Gasteiger charge is 2.13. The minimum atomic E-state index is -2.47. The maximum Gasteiger partial charge on any atom is 0.288 e. The second-order valence-corrected chi connectivity index (χ2v) is 6.77. The molecule has 1 aliphatic heterocycles. The Kier molecular flexibility index (Phi) is 6.40. The fourth-order valence-corrected chi connectivity index (χ4v) is 3.11. The summed E-state index contributed by atoms with van der Waals surface area (Å²) in [5, 5.41) is 2.84. The lowest BCUT2D eigenvalue weighted by atomic mass is 10.2. The van der Waals surface area contributed by atoms with Gasteiger partial charge in [0.1, 0.15) is 5.82 Å². The fourth-order valence-electron chi connectivity index (χ4n) is 2.61. The summed E-state index contributed by atoms with van der Waals surface area (Å²) >= 11 is 0.459. The Labute approximate surface area is 154 Å². The Morgan fingerprint density at radius 1 is 1.23 bits per heavy atom. The number of alkyl halides is 2. The lowest BCUT2D eigenvalue weighted by molar-refractivity contribution is 0.0951. The first-order valence-electron chi connectivity index (χ1n) is 8.22. The number of ether oxygens (including phenoxy) is 1. The Morgan fingerprint density at radius 3 is 2.65 bits per heavy atom. The summed E-state index contributed by atoms with van der Waals surface area (Å²) in [7, 11) is 0. The van der Waals surface area contributed by atoms with Gasteiger partial charge in [-0.1, -0.05) is 11.8 Å². The van der Waals surface area contributed by atoms with Crippen LogP contribution in [0, 0.1) is 0 Å². The lowest BCUT2D eigenvalue weighted by Gasteiger charge is -2.28. The molecule has 138 valence electrons. The fraction of sp³-hybridized carbons (Fsp3) is 0.333. The third-order valence-corrected chi connectivity index (χ3v) is 4.66. The van der Waals surface area contributed by atoms with Gasteiger partial charge >= 0.3 is 0 Å². The summed E-state index contributed by atoms with van der Waals surface area (Å²) in [6, 6.07) is 9.95. The Bertz CT molecular complexity index is 737. The smallest absolute Gasteiger partial charge is 0.288 e. The van der Waals surface area contributed by atoms with E-state index in [2.05, 4.69) is 15.2 Å². The standard InChI is InChI=1S/C18H19F2N3O2S/c19-18(20)26-15-3-1-14(2-4-15)17(24)22-12-13-5-6-21-16(11-13)23-7-9-25-10-8-23/h1-6,11,18H,7-10,12H2,(H,22,24). The van der Waals surface area contributed by atoms with Gasteiger partial charge in [-0.25, -0.2) is 4.98 Å². The molecule has 1 fully saturated rings. The molecule has 1 aromatic carbocycles. The molecule has 1 saturated heterocycles. The molecule has 0 bridgehead atoms. The third-order valence-electron chi connectivity index (χ3n) is 3.94. The van der Waals surface area contributed by atoms with Crippen LogP contribution in [0.15, 0.2) is 47.5 Å². The van der Waals surface area contributed by atoms with Crippen LogP contribution in [0.3, 0.4) is 0 Å². The van der Waals surface area contributed by atoms with Gasteiger partial charge in [0.15, 0.2) is 0 Å². The molecule has 1 N–H and O–H groups in total. The van der Waals surface area contributed by atoms with Gasteiger partial charge in [0.05, 0.1) is 13.2 Å². The van der Waals surface area contributed by atoms with Crippen LogP contribution in [-0.2, 0) is 11.3 Å². The highest BCUT2D eigenvalue weighted by Crippen LogP contribution is 2.25. The van der Waals surface area contributed by atoms with E-state index in [0.717, 1.165) is 24.5 Å². The van der Waals surface area contributed by atoms with Crippen LogP contribution in [0.4, 0.5) is 14.6 Å². The van der Waals surface area contributed by atoms with Gasteiger partial charge in [0.25, 0.3) is 11.7 Å². The molecule has 2 heterocycles. The highest BCUT2D eigenvalue weighted by molar-refractivity contribution is 7.99. The first-order valence-corrected chi connectivity index (χ1v) is 9.10. The summed E-state index contributed by atoms with van der Waals surface area (Å²) in [6.45, 7) is 3.33. The molecule has 8 heteroatoms. The van der Waals surface area contributed by atoms with E-state index in [9.17, 15) is 13.6 Å². The molecule has 0 unspecified atom stereocenters. The number of carbonyl (C=O) groups excluding carboxylic acids is 1. The number of anilines is 1. The number of nitrogens with zero attached hydrogens (tertiary/aromatic N) is 2. The number of hydrogen-bond donors (Lipinski definition) is 1. The summed E-state index contributed by atoms with van der Waals surface area (Å²) in [5.41, 5.74) is 1.38. The van der Waals surface area contributed by atoms with E-state index in [0.29, 0.717) is 42.0 Å². The van der Waals surface area contributed by atoms with Gasteiger partial charge in [-0.15, -0.1) is 0 Å². The largest absolute Gasteiger partial charge is 0.378 e. The Balaban J connectivity index is 1.57. The molecule has 0 saturated carbocycles. The number of aromatic nitrogens is 1. The second kappa shape index (κ2) is 8.95. The summed E-state index contributed by atoms with van der Waals surface area (Å²) in [4.78, 5) is 19.2. The predicted molar refractivity (Wildman–Crippen MR) is 96.7 cm³/mol. The number of hydrogen-bond acceptors (Lipinski definition) is 5. The molecule has 2 aromatic rings. The number of thioether (sulfide) groups is 1. The average Bonchev–Trinajstić information content (AvgIpc) is 2.67. The van der Waals surface area contributed by atoms with Crippen molar-refractivity contribution in [2.24, 2.45) is 0 Å². The number of halogens is 2. The molecular formula is C18H19F2N3O2S. The van der Waals surface area contributed by atoms with Gasteiger partial charge in [0, 0.05) is 36.3 Å². The van der Waals surface area contributed by atoms with Crippen LogP contribution in [0.5, 0.6) is 0 Å². The minimum absolute atomic E-state index is 0.247. The first-order chi connectivity index (χ1) is 12.6. The van der Waals surface area contributed by atoms with E-state index in [1.807, 2.05) is 12.1 Å². The Morgan fingerprint density at radius 2 is 1.96 bits per heavy atom. The van der Waals surface area contributed by atoms with E-state index in [4.69, 9.17) is 4.74 Å². The second-order valence-electron chi connectivity index (χ2n) is 5.71. The third kappa shape index (κ3) is 5.15. The molecule has 3 rings (SSSR count). The molecule has 1 aliphatic rings. The van der Waals surface area contributed by atoms with E-state index >= 15 is 0 Å². The monoisotopic (exact) mass is 379 g/mol. The topological polar surface area (TPSA) is 54.5 Å². The van der Waals surface area contributed by atoms with Crippen molar-refractivity contribution in [2.45, 2.75) is 17.2 Å². The van der Waals surface area contributed by atoms with Crippen LogP contribution in [-0.4, -0.2) is 43.0 Å². The van der Waals surface area contributed by atoms with Crippen LogP contribution in [0.1, 0.15) is 15.9 Å². The van der Waals surface area contributed by atoms with Crippen molar-refractivity contribution < 1.29 is 18.3 Å². The number of morpholine rings is 1. The quantitative estimate of drug-likeness (QED) is 0.782. The number of rotatable bonds is 6. The van der Waals surface area contributed by atoms with Gasteiger partial charge < -0.3 is 15.0 Å². The van der Waals surface area contributed by atoms with Crippen LogP contribution >= 0.6 is 11.8 Å². The molecule has 1 amide bonds. The lowest BCUT2D eigenvalue weighted by Crippen LogP contribution is -2.36. The molecule has 0 atom stereocenters. The highest BCUT2D eigenvalue weighted by atomic mass is 32.2.